The minimum absolute atomic E-state index is 0.163. The Morgan fingerprint density at radius 2 is 2.17 bits per heavy atom. The molecular formula is C15H19NO2. The lowest BCUT2D eigenvalue weighted by Crippen LogP contribution is -2.09. The first-order valence-corrected chi connectivity index (χ1v) is 6.19. The average Bonchev–Trinajstić information content (AvgIpc) is 2.90. The van der Waals surface area contributed by atoms with E-state index in [0.29, 0.717) is 0 Å². The highest BCUT2D eigenvalue weighted by Gasteiger charge is 2.14. The van der Waals surface area contributed by atoms with Crippen molar-refractivity contribution in [3.05, 3.63) is 47.9 Å². The number of rotatable bonds is 5. The van der Waals surface area contributed by atoms with E-state index in [4.69, 9.17) is 9.15 Å². The number of nitrogens with one attached hydrogen (secondary N) is 1. The molecule has 1 aromatic heterocycles. The van der Waals surface area contributed by atoms with Crippen molar-refractivity contribution in [3.8, 4) is 5.75 Å². The first-order chi connectivity index (χ1) is 8.74. The number of anilines is 1. The van der Waals surface area contributed by atoms with Crippen LogP contribution < -0.4 is 10.1 Å². The van der Waals surface area contributed by atoms with Gasteiger partial charge in [-0.1, -0.05) is 13.0 Å². The molecule has 3 nitrogen and oxygen atoms in total. The topological polar surface area (TPSA) is 34.4 Å². The molecular weight excluding hydrogens is 226 g/mol. The van der Waals surface area contributed by atoms with Crippen LogP contribution in [0.3, 0.4) is 0 Å². The Hall–Kier alpha value is -1.90. The van der Waals surface area contributed by atoms with Crippen LogP contribution in [-0.2, 0) is 0 Å². The van der Waals surface area contributed by atoms with Gasteiger partial charge < -0.3 is 14.5 Å². The van der Waals surface area contributed by atoms with Crippen LogP contribution in [0.15, 0.2) is 41.0 Å². The first kappa shape index (κ1) is 12.6. The van der Waals surface area contributed by atoms with Crippen LogP contribution in [0.5, 0.6) is 5.75 Å². The van der Waals surface area contributed by atoms with Gasteiger partial charge in [0, 0.05) is 0 Å². The highest BCUT2D eigenvalue weighted by molar-refractivity contribution is 5.58. The fourth-order valence-corrected chi connectivity index (χ4v) is 1.99. The monoisotopic (exact) mass is 245 g/mol. The molecule has 1 aromatic carbocycles. The predicted molar refractivity (Wildman–Crippen MR) is 73.1 cm³/mol. The van der Waals surface area contributed by atoms with Crippen molar-refractivity contribution in [2.45, 2.75) is 26.3 Å². The lowest BCUT2D eigenvalue weighted by molar-refractivity contribution is 0.414. The van der Waals surface area contributed by atoms with E-state index in [1.165, 1.54) is 5.56 Å². The summed E-state index contributed by atoms with van der Waals surface area (Å²) in [4.78, 5) is 0. The normalized spacial score (nSPS) is 12.2. The van der Waals surface area contributed by atoms with Crippen LogP contribution in [0.4, 0.5) is 5.69 Å². The highest BCUT2D eigenvalue weighted by Crippen LogP contribution is 2.30. The summed E-state index contributed by atoms with van der Waals surface area (Å²) in [6.07, 6.45) is 2.65. The number of ether oxygens (including phenoxy) is 1. The van der Waals surface area contributed by atoms with Crippen LogP contribution in [0.2, 0.25) is 0 Å². The molecule has 0 fully saturated rings. The third kappa shape index (κ3) is 2.67. The summed E-state index contributed by atoms with van der Waals surface area (Å²) in [5.41, 5.74) is 2.20. The Morgan fingerprint density at radius 3 is 2.78 bits per heavy atom. The van der Waals surface area contributed by atoms with Crippen molar-refractivity contribution < 1.29 is 9.15 Å². The van der Waals surface area contributed by atoms with Gasteiger partial charge in [0.1, 0.15) is 11.5 Å². The number of benzene rings is 1. The molecule has 0 aliphatic rings. The zero-order valence-corrected chi connectivity index (χ0v) is 11.1. The molecule has 0 spiro atoms. The van der Waals surface area contributed by atoms with E-state index in [0.717, 1.165) is 23.6 Å². The molecule has 2 aromatic rings. The number of hydrogen-bond acceptors (Lipinski definition) is 3. The molecule has 0 radical (unpaired) electrons. The van der Waals surface area contributed by atoms with E-state index >= 15 is 0 Å². The third-order valence-corrected chi connectivity index (χ3v) is 2.98. The molecule has 2 rings (SSSR count). The molecule has 0 saturated carbocycles. The second-order valence-electron chi connectivity index (χ2n) is 4.32. The Kier molecular flexibility index (Phi) is 3.92. The molecule has 1 atom stereocenters. The second-order valence-corrected chi connectivity index (χ2v) is 4.32. The molecule has 0 amide bonds. The summed E-state index contributed by atoms with van der Waals surface area (Å²) in [5.74, 6) is 1.80. The van der Waals surface area contributed by atoms with Gasteiger partial charge in [-0.3, -0.25) is 0 Å². The number of methoxy groups -OCH3 is 1. The molecule has 0 aliphatic carbocycles. The number of aryl methyl sites for hydroxylation is 1. The van der Waals surface area contributed by atoms with Crippen LogP contribution in [0.1, 0.15) is 30.7 Å². The summed E-state index contributed by atoms with van der Waals surface area (Å²) in [6, 6.07) is 10.2. The summed E-state index contributed by atoms with van der Waals surface area (Å²) in [5, 5.41) is 3.47. The predicted octanol–water partition coefficient (Wildman–Crippen LogP) is 4.16. The molecule has 0 aliphatic heterocycles. The largest absolute Gasteiger partial charge is 0.495 e. The summed E-state index contributed by atoms with van der Waals surface area (Å²) < 4.78 is 10.8. The molecule has 18 heavy (non-hydrogen) atoms. The van der Waals surface area contributed by atoms with Gasteiger partial charge in [0.05, 0.1) is 25.1 Å². The standard InChI is InChI=1S/C15H19NO2/c1-4-12(15-6-5-9-18-15)16-13-10-11(2)7-8-14(13)17-3/h5-10,12,16H,4H2,1-3H3. The number of furan rings is 1. The molecule has 0 saturated heterocycles. The second kappa shape index (κ2) is 5.63. The van der Waals surface area contributed by atoms with E-state index in [-0.39, 0.29) is 6.04 Å². The molecule has 96 valence electrons. The van der Waals surface area contributed by atoms with Crippen molar-refractivity contribution in [3.63, 3.8) is 0 Å². The zero-order chi connectivity index (χ0) is 13.0. The van der Waals surface area contributed by atoms with Gasteiger partial charge in [-0.25, -0.2) is 0 Å². The SMILES string of the molecule is CCC(Nc1cc(C)ccc1OC)c1ccco1. The van der Waals surface area contributed by atoms with E-state index in [2.05, 4.69) is 25.2 Å². The molecule has 1 N–H and O–H groups in total. The Bertz CT molecular complexity index is 491. The molecule has 0 bridgehead atoms. The quantitative estimate of drug-likeness (QED) is 0.858. The summed E-state index contributed by atoms with van der Waals surface area (Å²) in [7, 11) is 1.68. The Labute approximate surface area is 108 Å². The van der Waals surface area contributed by atoms with Crippen molar-refractivity contribution in [1.29, 1.82) is 0 Å². The zero-order valence-electron chi connectivity index (χ0n) is 11.1. The highest BCUT2D eigenvalue weighted by atomic mass is 16.5. The lowest BCUT2D eigenvalue weighted by atomic mass is 10.1. The molecule has 3 heteroatoms. The minimum atomic E-state index is 0.163. The minimum Gasteiger partial charge on any atom is -0.495 e. The van der Waals surface area contributed by atoms with Crippen LogP contribution in [0, 0.1) is 6.92 Å². The smallest absolute Gasteiger partial charge is 0.141 e. The van der Waals surface area contributed by atoms with Crippen molar-refractivity contribution in [2.24, 2.45) is 0 Å². The third-order valence-electron chi connectivity index (χ3n) is 2.98. The van der Waals surface area contributed by atoms with Gasteiger partial charge in [0.15, 0.2) is 0 Å². The number of hydrogen-bond donors (Lipinski definition) is 1. The van der Waals surface area contributed by atoms with Crippen molar-refractivity contribution in [2.75, 3.05) is 12.4 Å². The fourth-order valence-electron chi connectivity index (χ4n) is 1.99. The van der Waals surface area contributed by atoms with E-state index in [9.17, 15) is 0 Å². The van der Waals surface area contributed by atoms with Gasteiger partial charge in [-0.05, 0) is 43.2 Å². The van der Waals surface area contributed by atoms with Crippen LogP contribution in [0.25, 0.3) is 0 Å². The van der Waals surface area contributed by atoms with E-state index in [1.807, 2.05) is 24.3 Å². The Morgan fingerprint density at radius 1 is 1.33 bits per heavy atom. The maximum atomic E-state index is 5.46. The van der Waals surface area contributed by atoms with Crippen LogP contribution in [-0.4, -0.2) is 7.11 Å². The van der Waals surface area contributed by atoms with E-state index < -0.39 is 0 Å². The van der Waals surface area contributed by atoms with Gasteiger partial charge in [-0.2, -0.15) is 0 Å². The Balaban J connectivity index is 2.24. The summed E-state index contributed by atoms with van der Waals surface area (Å²) in [6.45, 7) is 4.20. The van der Waals surface area contributed by atoms with Crippen molar-refractivity contribution in [1.82, 2.24) is 0 Å². The molecule has 1 heterocycles. The average molecular weight is 245 g/mol. The maximum Gasteiger partial charge on any atom is 0.141 e. The van der Waals surface area contributed by atoms with Gasteiger partial charge >= 0.3 is 0 Å². The van der Waals surface area contributed by atoms with Gasteiger partial charge in [0.2, 0.25) is 0 Å². The van der Waals surface area contributed by atoms with Crippen molar-refractivity contribution >= 4 is 5.69 Å². The van der Waals surface area contributed by atoms with Gasteiger partial charge in [0.25, 0.3) is 0 Å². The van der Waals surface area contributed by atoms with Crippen LogP contribution >= 0.6 is 0 Å². The summed E-state index contributed by atoms with van der Waals surface area (Å²) >= 11 is 0. The first-order valence-electron chi connectivity index (χ1n) is 6.19. The van der Waals surface area contributed by atoms with Gasteiger partial charge in [-0.15, -0.1) is 0 Å². The molecule has 1 unspecified atom stereocenters. The van der Waals surface area contributed by atoms with E-state index in [1.54, 1.807) is 13.4 Å². The maximum absolute atomic E-state index is 5.46. The lowest BCUT2D eigenvalue weighted by Gasteiger charge is -2.18. The fraction of sp³-hybridized carbons (Fsp3) is 0.333.